The smallest absolute Gasteiger partial charge is 0.305 e. The zero-order valence-corrected chi connectivity index (χ0v) is 7.51. The van der Waals surface area contributed by atoms with Crippen molar-refractivity contribution >= 4 is 15.9 Å². The van der Waals surface area contributed by atoms with Crippen LogP contribution in [-0.4, -0.2) is 0 Å². The average molecular weight is 235 g/mol. The summed E-state index contributed by atoms with van der Waals surface area (Å²) in [6.07, 6.45) is -1.44. The number of hydrogen-bond acceptors (Lipinski definition) is 1. The standard InChI is InChI=1S/C8H5BrF2O/c9-6-1-3-7(4-2-6)12-5-8(10)11/h1-5H. The van der Waals surface area contributed by atoms with E-state index in [2.05, 4.69) is 20.7 Å². The van der Waals surface area contributed by atoms with Gasteiger partial charge in [-0.2, -0.15) is 8.78 Å². The predicted molar refractivity (Wildman–Crippen MR) is 45.1 cm³/mol. The Morgan fingerprint density at radius 3 is 2.33 bits per heavy atom. The van der Waals surface area contributed by atoms with Crippen molar-refractivity contribution in [3.05, 3.63) is 41.1 Å². The van der Waals surface area contributed by atoms with E-state index in [1.54, 1.807) is 24.3 Å². The van der Waals surface area contributed by atoms with Gasteiger partial charge in [-0.3, -0.25) is 0 Å². The van der Waals surface area contributed by atoms with Crippen LogP contribution in [-0.2, 0) is 0 Å². The Morgan fingerprint density at radius 2 is 1.83 bits per heavy atom. The van der Waals surface area contributed by atoms with Crippen LogP contribution in [0, 0.1) is 0 Å². The summed E-state index contributed by atoms with van der Waals surface area (Å²) in [5, 5.41) is 0. The van der Waals surface area contributed by atoms with Crippen LogP contribution in [0.5, 0.6) is 5.75 Å². The molecule has 0 atom stereocenters. The first-order valence-corrected chi connectivity index (χ1v) is 3.91. The first-order chi connectivity index (χ1) is 5.68. The fourth-order valence-electron chi connectivity index (χ4n) is 0.626. The Bertz CT molecular complexity index is 278. The lowest BCUT2D eigenvalue weighted by atomic mass is 10.3. The van der Waals surface area contributed by atoms with Crippen molar-refractivity contribution in [1.82, 2.24) is 0 Å². The Labute approximate surface area is 76.8 Å². The molecule has 0 saturated heterocycles. The molecule has 1 nitrogen and oxygen atoms in total. The van der Waals surface area contributed by atoms with Gasteiger partial charge >= 0.3 is 6.08 Å². The van der Waals surface area contributed by atoms with Gasteiger partial charge in [0, 0.05) is 4.47 Å². The largest absolute Gasteiger partial charge is 0.459 e. The van der Waals surface area contributed by atoms with Crippen LogP contribution in [0.2, 0.25) is 0 Å². The second-order valence-corrected chi connectivity index (χ2v) is 2.89. The second kappa shape index (κ2) is 4.21. The molecule has 0 fully saturated rings. The maximum atomic E-state index is 11.5. The summed E-state index contributed by atoms with van der Waals surface area (Å²) in [5.74, 6) is 0.381. The van der Waals surface area contributed by atoms with E-state index in [-0.39, 0.29) is 0 Å². The quantitative estimate of drug-likeness (QED) is 0.712. The van der Waals surface area contributed by atoms with Gasteiger partial charge in [0.1, 0.15) is 5.75 Å². The van der Waals surface area contributed by atoms with E-state index in [0.717, 1.165) is 4.47 Å². The van der Waals surface area contributed by atoms with E-state index in [9.17, 15) is 8.78 Å². The Balaban J connectivity index is 2.65. The minimum Gasteiger partial charge on any atom is -0.459 e. The molecule has 0 heterocycles. The lowest BCUT2D eigenvalue weighted by Crippen LogP contribution is -1.81. The van der Waals surface area contributed by atoms with Crippen molar-refractivity contribution in [1.29, 1.82) is 0 Å². The van der Waals surface area contributed by atoms with Gasteiger partial charge in [0.15, 0.2) is 6.26 Å². The molecular formula is C8H5BrF2O. The molecule has 0 spiro atoms. The lowest BCUT2D eigenvalue weighted by molar-refractivity contribution is 0.365. The molecule has 12 heavy (non-hydrogen) atoms. The molecular weight excluding hydrogens is 230 g/mol. The van der Waals surface area contributed by atoms with Crippen molar-refractivity contribution in [2.45, 2.75) is 0 Å². The van der Waals surface area contributed by atoms with Gasteiger partial charge in [0.05, 0.1) is 0 Å². The Kier molecular flexibility index (Phi) is 3.22. The van der Waals surface area contributed by atoms with E-state index in [1.807, 2.05) is 0 Å². The van der Waals surface area contributed by atoms with Gasteiger partial charge in [-0.05, 0) is 24.3 Å². The molecule has 0 bridgehead atoms. The molecule has 4 heteroatoms. The van der Waals surface area contributed by atoms with Crippen LogP contribution in [0.15, 0.2) is 41.1 Å². The molecule has 0 aliphatic rings. The van der Waals surface area contributed by atoms with Gasteiger partial charge in [-0.1, -0.05) is 15.9 Å². The van der Waals surface area contributed by atoms with E-state index in [0.29, 0.717) is 12.0 Å². The predicted octanol–water partition coefficient (Wildman–Crippen LogP) is 3.57. The highest BCUT2D eigenvalue weighted by atomic mass is 79.9. The first-order valence-electron chi connectivity index (χ1n) is 3.12. The summed E-state index contributed by atoms with van der Waals surface area (Å²) in [6.45, 7) is 0. The van der Waals surface area contributed by atoms with Crippen LogP contribution >= 0.6 is 15.9 Å². The summed E-state index contributed by atoms with van der Waals surface area (Å²) in [7, 11) is 0. The van der Waals surface area contributed by atoms with Crippen LogP contribution in [0.3, 0.4) is 0 Å². The zero-order chi connectivity index (χ0) is 8.97. The summed E-state index contributed by atoms with van der Waals surface area (Å²) in [6, 6.07) is 6.59. The van der Waals surface area contributed by atoms with E-state index >= 15 is 0 Å². The van der Waals surface area contributed by atoms with Crippen molar-refractivity contribution in [3.8, 4) is 5.75 Å². The highest BCUT2D eigenvalue weighted by Gasteiger charge is 1.92. The molecule has 0 saturated carbocycles. The molecule has 1 aromatic rings. The van der Waals surface area contributed by atoms with Crippen LogP contribution in [0.4, 0.5) is 8.78 Å². The van der Waals surface area contributed by atoms with Gasteiger partial charge in [0.2, 0.25) is 0 Å². The molecule has 1 aromatic carbocycles. The van der Waals surface area contributed by atoms with Gasteiger partial charge in [0.25, 0.3) is 0 Å². The van der Waals surface area contributed by atoms with Crippen molar-refractivity contribution in [2.75, 3.05) is 0 Å². The number of ether oxygens (including phenoxy) is 1. The minimum atomic E-state index is -1.85. The Morgan fingerprint density at radius 1 is 1.25 bits per heavy atom. The molecule has 0 amide bonds. The third kappa shape index (κ3) is 3.00. The maximum absolute atomic E-state index is 11.5. The normalized spacial score (nSPS) is 9.25. The fraction of sp³-hybridized carbons (Fsp3) is 0. The highest BCUT2D eigenvalue weighted by Crippen LogP contribution is 2.16. The summed E-state index contributed by atoms with van der Waals surface area (Å²) in [5.41, 5.74) is 0. The zero-order valence-electron chi connectivity index (χ0n) is 5.93. The van der Waals surface area contributed by atoms with Crippen molar-refractivity contribution in [2.24, 2.45) is 0 Å². The topological polar surface area (TPSA) is 9.23 Å². The minimum absolute atomic E-state index is 0.381. The number of rotatable bonds is 2. The fourth-order valence-corrected chi connectivity index (χ4v) is 0.890. The molecule has 0 radical (unpaired) electrons. The second-order valence-electron chi connectivity index (χ2n) is 1.98. The van der Waals surface area contributed by atoms with Crippen LogP contribution < -0.4 is 4.74 Å². The summed E-state index contributed by atoms with van der Waals surface area (Å²) in [4.78, 5) is 0. The molecule has 0 aliphatic heterocycles. The molecule has 0 aliphatic carbocycles. The summed E-state index contributed by atoms with van der Waals surface area (Å²) < 4.78 is 28.5. The van der Waals surface area contributed by atoms with E-state index in [4.69, 9.17) is 0 Å². The lowest BCUT2D eigenvalue weighted by Gasteiger charge is -1.97. The summed E-state index contributed by atoms with van der Waals surface area (Å²) >= 11 is 3.21. The van der Waals surface area contributed by atoms with E-state index in [1.165, 1.54) is 0 Å². The molecule has 0 N–H and O–H groups in total. The van der Waals surface area contributed by atoms with Gasteiger partial charge < -0.3 is 4.74 Å². The Hall–Kier alpha value is -0.900. The average Bonchev–Trinajstić information content (AvgIpc) is 2.03. The molecule has 0 unspecified atom stereocenters. The van der Waals surface area contributed by atoms with Crippen LogP contribution in [0.1, 0.15) is 0 Å². The number of hydrogen-bond donors (Lipinski definition) is 0. The third-order valence-corrected chi connectivity index (χ3v) is 1.63. The molecule has 1 rings (SSSR count). The van der Waals surface area contributed by atoms with Crippen molar-refractivity contribution in [3.63, 3.8) is 0 Å². The number of benzene rings is 1. The molecule has 0 aromatic heterocycles. The highest BCUT2D eigenvalue weighted by molar-refractivity contribution is 9.10. The van der Waals surface area contributed by atoms with Gasteiger partial charge in [-0.15, -0.1) is 0 Å². The SMILES string of the molecule is FC(F)=COc1ccc(Br)cc1. The van der Waals surface area contributed by atoms with Crippen LogP contribution in [0.25, 0.3) is 0 Å². The van der Waals surface area contributed by atoms with Gasteiger partial charge in [-0.25, -0.2) is 0 Å². The first kappa shape index (κ1) is 9.19. The monoisotopic (exact) mass is 234 g/mol. The number of halogens is 3. The van der Waals surface area contributed by atoms with E-state index < -0.39 is 6.08 Å². The maximum Gasteiger partial charge on any atom is 0.305 e. The van der Waals surface area contributed by atoms with Crippen molar-refractivity contribution < 1.29 is 13.5 Å². The molecule has 64 valence electrons. The third-order valence-electron chi connectivity index (χ3n) is 1.10.